The van der Waals surface area contributed by atoms with E-state index in [2.05, 4.69) is 56.3 Å². The molecule has 1 unspecified atom stereocenters. The molecule has 5 rings (SSSR count). The van der Waals surface area contributed by atoms with E-state index in [9.17, 15) is 19.7 Å². The predicted octanol–water partition coefficient (Wildman–Crippen LogP) is 5.60. The topological polar surface area (TPSA) is 194 Å². The Balaban J connectivity index is 1.44. The summed E-state index contributed by atoms with van der Waals surface area (Å²) in [5.41, 5.74) is 7.29. The van der Waals surface area contributed by atoms with E-state index in [4.69, 9.17) is 20.3 Å². The summed E-state index contributed by atoms with van der Waals surface area (Å²) in [6.07, 6.45) is 15.3. The lowest BCUT2D eigenvalue weighted by Crippen LogP contribution is -2.63. The molecule has 51 heavy (non-hydrogen) atoms. The van der Waals surface area contributed by atoms with Gasteiger partial charge in [-0.25, -0.2) is 15.1 Å². The highest BCUT2D eigenvalue weighted by Crippen LogP contribution is 2.64. The van der Waals surface area contributed by atoms with Gasteiger partial charge in [0, 0.05) is 18.9 Å². The molecule has 1 aliphatic heterocycles. The zero-order chi connectivity index (χ0) is 37.2. The number of aliphatic imine (C=N–C) groups is 1. The van der Waals surface area contributed by atoms with Crippen molar-refractivity contribution in [2.45, 2.75) is 167 Å². The summed E-state index contributed by atoms with van der Waals surface area (Å²) >= 11 is 0. The average molecular weight is 714 g/mol. The van der Waals surface area contributed by atoms with Crippen molar-refractivity contribution >= 4 is 24.9 Å². The van der Waals surface area contributed by atoms with Gasteiger partial charge in [-0.2, -0.15) is 5.26 Å². The van der Waals surface area contributed by atoms with Crippen molar-refractivity contribution in [2.24, 2.45) is 45.7 Å². The first-order valence-corrected chi connectivity index (χ1v) is 19.8. The number of guanidine groups is 1. The minimum absolute atomic E-state index is 0.0228. The highest BCUT2D eigenvalue weighted by atomic mass is 16.7. The molecule has 0 radical (unpaired) electrons. The molecular weight excluding hydrogens is 649 g/mol. The van der Waals surface area contributed by atoms with Crippen LogP contribution in [0.15, 0.2) is 4.99 Å². The lowest BCUT2D eigenvalue weighted by atomic mass is 9.45. The van der Waals surface area contributed by atoms with Crippen LogP contribution in [0.2, 0.25) is 0 Å². The summed E-state index contributed by atoms with van der Waals surface area (Å²) in [7, 11) is -0.582. The van der Waals surface area contributed by atoms with E-state index in [0.29, 0.717) is 43.4 Å². The Labute approximate surface area is 305 Å². The first kappa shape index (κ1) is 40.8. The van der Waals surface area contributed by atoms with Crippen LogP contribution < -0.4 is 21.8 Å². The molecule has 0 aromatic rings. The van der Waals surface area contributed by atoms with E-state index >= 15 is 0 Å². The third kappa shape index (κ3) is 11.0. The number of amides is 2. The number of carbonyl (C=O) groups is 2. The zero-order valence-electron chi connectivity index (χ0n) is 31.8. The Kier molecular flexibility index (Phi) is 15.0. The van der Waals surface area contributed by atoms with Crippen LogP contribution in [-0.4, -0.2) is 60.2 Å². The molecule has 2 bridgehead atoms. The molecule has 0 spiro atoms. The van der Waals surface area contributed by atoms with Gasteiger partial charge in [0.25, 0.3) is 5.96 Å². The summed E-state index contributed by atoms with van der Waals surface area (Å²) in [5, 5.41) is 25.2. The molecule has 5 aliphatic rings. The molecule has 286 valence electrons. The van der Waals surface area contributed by atoms with Crippen LogP contribution in [0.5, 0.6) is 0 Å². The fraction of sp³-hybridized carbons (Fsp3) is 0.892. The molecular formula is C37H64BN7O6. The van der Waals surface area contributed by atoms with Crippen molar-refractivity contribution in [3.05, 3.63) is 10.1 Å². The Morgan fingerprint density at radius 1 is 1.04 bits per heavy atom. The number of nitro groups is 1. The average Bonchev–Trinajstić information content (AvgIpc) is 3.72. The SMILES string of the molecule is CC(C)C[C@H](NC(=O)[C@H](CCCN=C(N)N[N+](=O)[O-])NC(=O)C(CCCCCCCCC#N)C1CCCC1)B1O[C@@H]2[C@@H]3C[C@H](C[C@]2(C)O1)C3(C)C. The summed E-state index contributed by atoms with van der Waals surface area (Å²) in [6, 6.07) is 1.39. The van der Waals surface area contributed by atoms with Crippen molar-refractivity contribution in [1.82, 2.24) is 16.1 Å². The van der Waals surface area contributed by atoms with Crippen LogP contribution >= 0.6 is 0 Å². The quantitative estimate of drug-likeness (QED) is 0.0293. The van der Waals surface area contributed by atoms with Crippen LogP contribution in [0.3, 0.4) is 0 Å². The van der Waals surface area contributed by atoms with Crippen LogP contribution in [0.25, 0.3) is 0 Å². The number of hydrazine groups is 1. The van der Waals surface area contributed by atoms with E-state index < -0.39 is 24.1 Å². The predicted molar refractivity (Wildman–Crippen MR) is 197 cm³/mol. The highest BCUT2D eigenvalue weighted by Gasteiger charge is 2.67. The standard InChI is InChI=1S/C37H64BN7O6/c1-25(2)22-31(38-50-32-29-23-27(36(29,3)4)24-37(32,5)51-38)43-34(47)30(19-15-21-41-35(40)44-45(48)49)42-33(46)28(26-16-12-13-17-26)18-11-9-7-6-8-10-14-20-39/h25-32H,6-19,21-24H2,1-5H3,(H,42,46)(H,43,47)(H3,40,41,44)/t27-,28?,29+,30+,31+,32-,37+/m1/s1. The van der Waals surface area contributed by atoms with Gasteiger partial charge in [-0.3, -0.25) is 9.59 Å². The van der Waals surface area contributed by atoms with Crippen LogP contribution in [0.1, 0.15) is 144 Å². The maximum atomic E-state index is 14.2. The Morgan fingerprint density at radius 3 is 2.37 bits per heavy atom. The normalized spacial score (nSPS) is 27.2. The minimum atomic E-state index is -0.817. The smallest absolute Gasteiger partial charge is 0.404 e. The highest BCUT2D eigenvalue weighted by molar-refractivity contribution is 6.48. The molecule has 13 nitrogen and oxygen atoms in total. The second-order valence-electron chi connectivity index (χ2n) is 17.0. The molecule has 1 saturated heterocycles. The van der Waals surface area contributed by atoms with Crippen LogP contribution in [0, 0.1) is 56.4 Å². The molecule has 5 fully saturated rings. The van der Waals surface area contributed by atoms with Crippen molar-refractivity contribution in [2.75, 3.05) is 6.54 Å². The lowest BCUT2D eigenvalue weighted by molar-refractivity contribution is -0.525. The number of rotatable bonds is 21. The summed E-state index contributed by atoms with van der Waals surface area (Å²) < 4.78 is 13.4. The van der Waals surface area contributed by atoms with Gasteiger partial charge in [0.15, 0.2) is 5.03 Å². The van der Waals surface area contributed by atoms with Crippen molar-refractivity contribution < 1.29 is 23.9 Å². The van der Waals surface area contributed by atoms with E-state index in [1.54, 1.807) is 0 Å². The first-order chi connectivity index (χ1) is 24.2. The van der Waals surface area contributed by atoms with E-state index in [1.165, 1.54) is 0 Å². The second-order valence-corrected chi connectivity index (χ2v) is 17.0. The molecule has 0 aromatic carbocycles. The maximum Gasteiger partial charge on any atom is 0.481 e. The number of carbonyl (C=O) groups excluding carboxylic acids is 2. The lowest BCUT2D eigenvalue weighted by Gasteiger charge is -2.63. The largest absolute Gasteiger partial charge is 0.481 e. The van der Waals surface area contributed by atoms with Crippen LogP contribution in [-0.2, 0) is 18.9 Å². The minimum Gasteiger partial charge on any atom is -0.404 e. The molecule has 4 aliphatic carbocycles. The first-order valence-electron chi connectivity index (χ1n) is 19.8. The van der Waals surface area contributed by atoms with Gasteiger partial charge in [-0.05, 0) is 93.8 Å². The molecule has 4 saturated carbocycles. The third-order valence-electron chi connectivity index (χ3n) is 12.3. The number of hydrogen-bond acceptors (Lipinski definition) is 8. The van der Waals surface area contributed by atoms with E-state index in [-0.39, 0.29) is 53.3 Å². The Bertz CT molecular complexity index is 1250. The van der Waals surface area contributed by atoms with Crippen molar-refractivity contribution in [3.8, 4) is 6.07 Å². The second kappa shape index (κ2) is 18.7. The summed E-state index contributed by atoms with van der Waals surface area (Å²) in [5.74, 6) is 0.362. The molecule has 2 amide bonds. The molecule has 7 atom stereocenters. The number of hydrogen-bond donors (Lipinski definition) is 4. The van der Waals surface area contributed by atoms with E-state index in [0.717, 1.165) is 83.5 Å². The zero-order valence-corrected chi connectivity index (χ0v) is 31.8. The van der Waals surface area contributed by atoms with Crippen molar-refractivity contribution in [3.63, 3.8) is 0 Å². The van der Waals surface area contributed by atoms with Crippen molar-refractivity contribution in [1.29, 1.82) is 5.26 Å². The van der Waals surface area contributed by atoms with Gasteiger partial charge in [0.2, 0.25) is 11.8 Å². The van der Waals surface area contributed by atoms with Crippen LogP contribution in [0.4, 0.5) is 0 Å². The molecule has 1 heterocycles. The fourth-order valence-corrected chi connectivity index (χ4v) is 9.33. The summed E-state index contributed by atoms with van der Waals surface area (Å²) in [6.45, 7) is 11.2. The summed E-state index contributed by atoms with van der Waals surface area (Å²) in [4.78, 5) is 43.1. The Morgan fingerprint density at radius 2 is 1.73 bits per heavy atom. The van der Waals surface area contributed by atoms with Gasteiger partial charge in [0.05, 0.1) is 23.7 Å². The van der Waals surface area contributed by atoms with Gasteiger partial charge in [-0.1, -0.05) is 78.1 Å². The molecule has 0 aromatic heterocycles. The Hall–Kier alpha value is -2.92. The number of nitrogens with one attached hydrogen (secondary N) is 3. The third-order valence-corrected chi connectivity index (χ3v) is 12.3. The number of nitriles is 1. The molecule has 5 N–H and O–H groups in total. The van der Waals surface area contributed by atoms with Gasteiger partial charge < -0.3 is 25.7 Å². The number of unbranched alkanes of at least 4 members (excludes halogenated alkanes) is 6. The molecule has 14 heteroatoms. The monoisotopic (exact) mass is 714 g/mol. The fourth-order valence-electron chi connectivity index (χ4n) is 9.33. The van der Waals surface area contributed by atoms with Gasteiger partial charge in [0.1, 0.15) is 6.04 Å². The maximum absolute atomic E-state index is 14.2. The van der Waals surface area contributed by atoms with E-state index in [1.807, 2.05) is 5.43 Å². The van der Waals surface area contributed by atoms with Gasteiger partial charge in [-0.15, -0.1) is 0 Å². The number of nitrogens with two attached hydrogens (primary N) is 1. The van der Waals surface area contributed by atoms with Gasteiger partial charge >= 0.3 is 7.12 Å². The number of nitrogens with zero attached hydrogens (tertiary/aromatic N) is 3.